The highest BCUT2D eigenvalue weighted by Gasteiger charge is 2.53. The predicted octanol–water partition coefficient (Wildman–Crippen LogP) is 3.13. The smallest absolute Gasteiger partial charge is 0.371 e. The molecule has 1 aromatic carbocycles. The molecule has 2 aliphatic heterocycles. The van der Waals surface area contributed by atoms with E-state index >= 15 is 0 Å². The number of sulfone groups is 1. The van der Waals surface area contributed by atoms with Crippen LogP contribution in [0.5, 0.6) is 0 Å². The topological polar surface area (TPSA) is 109 Å². The van der Waals surface area contributed by atoms with E-state index in [1.54, 1.807) is 9.80 Å². The quantitative estimate of drug-likeness (QED) is 0.565. The van der Waals surface area contributed by atoms with Crippen LogP contribution in [-0.4, -0.2) is 73.5 Å². The van der Waals surface area contributed by atoms with Gasteiger partial charge in [-0.05, 0) is 56.5 Å². The van der Waals surface area contributed by atoms with Crippen LogP contribution in [0.4, 0.5) is 29.2 Å². The summed E-state index contributed by atoms with van der Waals surface area (Å²) >= 11 is 0. The van der Waals surface area contributed by atoms with Crippen molar-refractivity contribution >= 4 is 27.4 Å². The van der Waals surface area contributed by atoms with Gasteiger partial charge in [0.2, 0.25) is 11.8 Å². The molecular weight excluding hydrogens is 506 g/mol. The molecule has 36 heavy (non-hydrogen) atoms. The summed E-state index contributed by atoms with van der Waals surface area (Å²) in [5, 5.41) is 6.60. The third-order valence-corrected chi connectivity index (χ3v) is 7.90. The lowest BCUT2D eigenvalue weighted by Crippen LogP contribution is -2.47. The van der Waals surface area contributed by atoms with Crippen LogP contribution in [0.15, 0.2) is 27.6 Å². The molecule has 1 aromatic heterocycles. The van der Waals surface area contributed by atoms with Gasteiger partial charge in [0.15, 0.2) is 9.84 Å². The molecule has 9 nitrogen and oxygen atoms in total. The number of halogens is 4. The molecule has 0 aliphatic carbocycles. The number of nitrogens with zero attached hydrogens (tertiary/aromatic N) is 4. The second-order valence-electron chi connectivity index (χ2n) is 9.67. The maximum atomic E-state index is 14.4. The normalized spacial score (nSPS) is 20.3. The Morgan fingerprint density at radius 2 is 1.78 bits per heavy atom. The Hall–Kier alpha value is -2.90. The maximum Gasteiger partial charge on any atom is 0.402 e. The number of alkyl halides is 3. The number of carbonyl (C=O) groups is 1. The molecule has 3 heterocycles. The lowest BCUT2D eigenvalue weighted by Gasteiger charge is -2.36. The van der Waals surface area contributed by atoms with Crippen molar-refractivity contribution < 1.29 is 35.3 Å². The number of rotatable bonds is 6. The van der Waals surface area contributed by atoms with Gasteiger partial charge in [0.05, 0.1) is 10.6 Å². The molecule has 198 valence electrons. The summed E-state index contributed by atoms with van der Waals surface area (Å²) in [6.45, 7) is 3.28. The van der Waals surface area contributed by atoms with Gasteiger partial charge in [-0.3, -0.25) is 4.79 Å². The van der Waals surface area contributed by atoms with E-state index in [4.69, 9.17) is 4.52 Å². The van der Waals surface area contributed by atoms with Gasteiger partial charge in [0.25, 0.3) is 5.95 Å². The van der Waals surface area contributed by atoms with Gasteiger partial charge in [0, 0.05) is 31.9 Å². The van der Waals surface area contributed by atoms with Gasteiger partial charge in [-0.2, -0.15) is 18.2 Å². The van der Waals surface area contributed by atoms with Crippen LogP contribution in [0, 0.1) is 5.82 Å². The van der Waals surface area contributed by atoms with Crippen LogP contribution in [0.2, 0.25) is 0 Å². The van der Waals surface area contributed by atoms with Crippen molar-refractivity contribution in [2.24, 2.45) is 0 Å². The Balaban J connectivity index is 1.35. The number of benzene rings is 1. The summed E-state index contributed by atoms with van der Waals surface area (Å²) in [5.74, 6) is -1.37. The minimum atomic E-state index is -4.54. The number of anilines is 2. The number of nitrogens with one attached hydrogen (secondary N) is 1. The molecule has 2 aliphatic rings. The SMILES string of the molecule is CC(C)(c1nc(N2CCC(N3CCC(Nc4ccc(S(C)(=O)=O)cc4F)C3=O)CC2)no1)C(F)(F)F. The molecule has 14 heteroatoms. The summed E-state index contributed by atoms with van der Waals surface area (Å²) in [4.78, 5) is 20.3. The van der Waals surface area contributed by atoms with Crippen molar-refractivity contribution in [3.8, 4) is 0 Å². The Morgan fingerprint density at radius 1 is 1.11 bits per heavy atom. The van der Waals surface area contributed by atoms with Crippen molar-refractivity contribution in [1.29, 1.82) is 0 Å². The Kier molecular flexibility index (Phi) is 6.69. The predicted molar refractivity (Wildman–Crippen MR) is 122 cm³/mol. The zero-order chi connectivity index (χ0) is 26.5. The molecule has 4 rings (SSSR count). The average molecular weight is 534 g/mol. The van der Waals surface area contributed by atoms with Crippen LogP contribution >= 0.6 is 0 Å². The highest BCUT2D eigenvalue weighted by atomic mass is 32.2. The van der Waals surface area contributed by atoms with Gasteiger partial charge >= 0.3 is 6.18 Å². The first-order chi connectivity index (χ1) is 16.7. The van der Waals surface area contributed by atoms with E-state index in [1.165, 1.54) is 12.1 Å². The monoisotopic (exact) mass is 533 g/mol. The van der Waals surface area contributed by atoms with E-state index in [2.05, 4.69) is 15.5 Å². The minimum absolute atomic E-state index is 0.0483. The highest BCUT2D eigenvalue weighted by molar-refractivity contribution is 7.90. The third-order valence-electron chi connectivity index (χ3n) is 6.79. The van der Waals surface area contributed by atoms with E-state index < -0.39 is 39.2 Å². The lowest BCUT2D eigenvalue weighted by molar-refractivity contribution is -0.186. The molecule has 2 aromatic rings. The van der Waals surface area contributed by atoms with E-state index in [1.807, 2.05) is 0 Å². The first-order valence-electron chi connectivity index (χ1n) is 11.4. The molecule has 1 N–H and O–H groups in total. The molecule has 1 unspecified atom stereocenters. The standard InChI is InChI=1S/C22H27F4N5O4S/c1-21(2,22(24,25)26)19-28-20(29-35-19)30-9-6-13(7-10-30)31-11-8-17(18(31)32)27-16-5-4-14(12-15(16)23)36(3,33)34/h4-5,12-13,17,27H,6-11H2,1-3H3. The maximum absolute atomic E-state index is 14.4. The number of carbonyl (C=O) groups excluding carboxylic acids is 1. The number of aromatic nitrogens is 2. The Bertz CT molecular complexity index is 1240. The van der Waals surface area contributed by atoms with Gasteiger partial charge in [0.1, 0.15) is 17.3 Å². The molecule has 1 amide bonds. The second-order valence-corrected chi connectivity index (χ2v) is 11.7. The summed E-state index contributed by atoms with van der Waals surface area (Å²) in [6, 6.07) is 2.78. The minimum Gasteiger partial charge on any atom is -0.371 e. The largest absolute Gasteiger partial charge is 0.402 e. The number of amides is 1. The van der Waals surface area contributed by atoms with E-state index in [-0.39, 0.29) is 28.5 Å². The molecular formula is C22H27F4N5O4S. The summed E-state index contributed by atoms with van der Waals surface area (Å²) in [5.41, 5.74) is -2.22. The van der Waals surface area contributed by atoms with Gasteiger partial charge < -0.3 is 19.6 Å². The Morgan fingerprint density at radius 3 is 2.36 bits per heavy atom. The summed E-state index contributed by atoms with van der Waals surface area (Å²) < 4.78 is 82.3. The lowest BCUT2D eigenvalue weighted by atomic mass is 9.93. The molecule has 2 fully saturated rings. The Labute approximate surface area is 205 Å². The first kappa shape index (κ1) is 26.2. The van der Waals surface area contributed by atoms with Crippen molar-refractivity contribution in [3.05, 3.63) is 29.9 Å². The highest BCUT2D eigenvalue weighted by Crippen LogP contribution is 2.40. The number of likely N-dealkylation sites (tertiary alicyclic amines) is 1. The van der Waals surface area contributed by atoms with Crippen LogP contribution < -0.4 is 10.2 Å². The van der Waals surface area contributed by atoms with Gasteiger partial charge in [-0.1, -0.05) is 0 Å². The van der Waals surface area contributed by atoms with Crippen LogP contribution in [0.25, 0.3) is 0 Å². The van der Waals surface area contributed by atoms with E-state index in [0.29, 0.717) is 38.9 Å². The molecule has 1 atom stereocenters. The van der Waals surface area contributed by atoms with Crippen molar-refractivity contribution in [3.63, 3.8) is 0 Å². The van der Waals surface area contributed by atoms with E-state index in [9.17, 15) is 30.8 Å². The van der Waals surface area contributed by atoms with Gasteiger partial charge in [-0.15, -0.1) is 0 Å². The molecule has 2 saturated heterocycles. The summed E-state index contributed by atoms with van der Waals surface area (Å²) in [6.07, 6.45) is -1.99. The molecule has 0 radical (unpaired) electrons. The number of hydrogen-bond donors (Lipinski definition) is 1. The van der Waals surface area contributed by atoms with Crippen LogP contribution in [0.1, 0.15) is 39.0 Å². The van der Waals surface area contributed by atoms with Gasteiger partial charge in [-0.25, -0.2) is 12.8 Å². The zero-order valence-electron chi connectivity index (χ0n) is 20.0. The van der Waals surface area contributed by atoms with Crippen molar-refractivity contribution in [2.75, 3.05) is 36.1 Å². The fraction of sp³-hybridized carbons (Fsp3) is 0.591. The number of piperidine rings is 1. The second kappa shape index (κ2) is 9.20. The average Bonchev–Trinajstić information content (AvgIpc) is 3.42. The van der Waals surface area contributed by atoms with Crippen LogP contribution in [-0.2, 0) is 20.0 Å². The first-order valence-corrected chi connectivity index (χ1v) is 13.3. The fourth-order valence-corrected chi connectivity index (χ4v) is 4.96. The molecule has 0 spiro atoms. The van der Waals surface area contributed by atoms with E-state index in [0.717, 1.165) is 26.2 Å². The fourth-order valence-electron chi connectivity index (χ4n) is 4.33. The van der Waals surface area contributed by atoms with Crippen molar-refractivity contribution in [2.45, 2.75) is 61.7 Å². The van der Waals surface area contributed by atoms with Crippen molar-refractivity contribution in [1.82, 2.24) is 15.0 Å². The molecule has 0 saturated carbocycles. The third kappa shape index (κ3) is 5.00. The zero-order valence-corrected chi connectivity index (χ0v) is 20.8. The number of hydrogen-bond acceptors (Lipinski definition) is 8. The summed E-state index contributed by atoms with van der Waals surface area (Å²) in [7, 11) is -3.55. The van der Waals surface area contributed by atoms with Crippen LogP contribution in [0.3, 0.4) is 0 Å². The molecule has 0 bridgehead atoms.